The number of esters is 2. The van der Waals surface area contributed by atoms with Crippen molar-refractivity contribution in [3.8, 4) is 0 Å². The number of phosphoric ester groups is 1. The predicted molar refractivity (Wildman–Crippen MR) is 219 cm³/mol. The Balaban J connectivity index is 4.37. The van der Waals surface area contributed by atoms with E-state index < -0.39 is 32.5 Å². The number of allylic oxidation sites excluding steroid dienone is 12. The van der Waals surface area contributed by atoms with E-state index in [1.807, 2.05) is 6.08 Å². The first-order valence-electron chi connectivity index (χ1n) is 20.4. The van der Waals surface area contributed by atoms with Crippen molar-refractivity contribution in [3.05, 3.63) is 72.9 Å². The molecule has 0 bridgehead atoms. The molecule has 0 heterocycles. The van der Waals surface area contributed by atoms with E-state index in [4.69, 9.17) is 24.3 Å². The van der Waals surface area contributed by atoms with E-state index in [9.17, 15) is 19.0 Å². The Morgan fingerprint density at radius 2 is 1.00 bits per heavy atom. The third-order valence-electron chi connectivity index (χ3n) is 8.06. The Morgan fingerprint density at radius 3 is 1.55 bits per heavy atom. The molecule has 304 valence electrons. The average molecular weight is 764 g/mol. The highest BCUT2D eigenvalue weighted by Crippen LogP contribution is 2.43. The van der Waals surface area contributed by atoms with E-state index in [2.05, 4.69) is 80.7 Å². The molecule has 0 amide bonds. The van der Waals surface area contributed by atoms with Crippen LogP contribution in [0.1, 0.15) is 155 Å². The maximum atomic E-state index is 12.5. The summed E-state index contributed by atoms with van der Waals surface area (Å²) in [5, 5.41) is 0. The fraction of sp³-hybridized carbons (Fsp3) is 0.674. The molecule has 0 spiro atoms. The number of phosphoric acid groups is 1. The van der Waals surface area contributed by atoms with Crippen molar-refractivity contribution >= 4 is 19.8 Å². The lowest BCUT2D eigenvalue weighted by atomic mass is 10.1. The Kier molecular flexibility index (Phi) is 37.3. The maximum Gasteiger partial charge on any atom is 0.472 e. The van der Waals surface area contributed by atoms with Crippen LogP contribution in [0.5, 0.6) is 0 Å². The van der Waals surface area contributed by atoms with Gasteiger partial charge in [-0.05, 0) is 83.5 Å². The van der Waals surface area contributed by atoms with Crippen LogP contribution < -0.4 is 5.73 Å². The SMILES string of the molecule is CCCCCC=CCC=CCC=CCCCCC(=O)OC[C@H](COP(=O)(O)OCCN)OC(=O)CCCC=CCC=CCC=CCCCCCCCC. The quantitative estimate of drug-likeness (QED) is 0.0274. The van der Waals surface area contributed by atoms with Gasteiger partial charge in [0.15, 0.2) is 6.10 Å². The highest BCUT2D eigenvalue weighted by molar-refractivity contribution is 7.47. The summed E-state index contributed by atoms with van der Waals surface area (Å²) in [6.07, 6.45) is 46.6. The molecule has 0 saturated carbocycles. The van der Waals surface area contributed by atoms with E-state index >= 15 is 0 Å². The minimum atomic E-state index is -4.40. The van der Waals surface area contributed by atoms with E-state index in [0.29, 0.717) is 19.3 Å². The van der Waals surface area contributed by atoms with Gasteiger partial charge in [0.2, 0.25) is 0 Å². The summed E-state index contributed by atoms with van der Waals surface area (Å²) in [6, 6.07) is 0. The number of ether oxygens (including phenoxy) is 2. The van der Waals surface area contributed by atoms with Crippen molar-refractivity contribution in [1.82, 2.24) is 0 Å². The number of nitrogens with two attached hydrogens (primary N) is 1. The molecule has 1 unspecified atom stereocenters. The van der Waals surface area contributed by atoms with Crippen LogP contribution in [0.25, 0.3) is 0 Å². The van der Waals surface area contributed by atoms with Gasteiger partial charge in [-0.25, -0.2) is 4.57 Å². The molecule has 3 N–H and O–H groups in total. The van der Waals surface area contributed by atoms with Gasteiger partial charge in [0, 0.05) is 19.4 Å². The minimum Gasteiger partial charge on any atom is -0.462 e. The van der Waals surface area contributed by atoms with Gasteiger partial charge in [0.25, 0.3) is 0 Å². The maximum absolute atomic E-state index is 12.5. The van der Waals surface area contributed by atoms with Crippen molar-refractivity contribution in [2.45, 2.75) is 161 Å². The fourth-order valence-electron chi connectivity index (χ4n) is 5.01. The van der Waals surface area contributed by atoms with E-state index in [0.717, 1.165) is 51.4 Å². The molecule has 9 nitrogen and oxygen atoms in total. The molecule has 0 aromatic rings. The van der Waals surface area contributed by atoms with Gasteiger partial charge in [0.1, 0.15) is 6.61 Å². The fourth-order valence-corrected chi connectivity index (χ4v) is 5.77. The standard InChI is InChI=1S/C43H74NO8P/c1-3-5-7-9-11-13-15-17-19-20-22-24-26-28-30-32-34-36-43(46)52-41(40-51-53(47,48)50-38-37-44)39-49-42(45)35-33-31-29-27-25-23-21-18-16-14-12-10-8-6-4-2/h12,14,17-19,21-22,24-25,27-28,30,41H,3-11,13,15-16,20,23,26,29,31-40,44H2,1-2H3,(H,47,48)/t41-/m1/s1. The van der Waals surface area contributed by atoms with Crippen molar-refractivity contribution in [1.29, 1.82) is 0 Å². The number of carbonyl (C=O) groups is 2. The van der Waals surface area contributed by atoms with Gasteiger partial charge in [-0.2, -0.15) is 0 Å². The third kappa shape index (κ3) is 39.0. The predicted octanol–water partition coefficient (Wildman–Crippen LogP) is 11.5. The monoisotopic (exact) mass is 764 g/mol. The van der Waals surface area contributed by atoms with Gasteiger partial charge >= 0.3 is 19.8 Å². The molecule has 2 atom stereocenters. The van der Waals surface area contributed by atoms with Crippen LogP contribution in [0.15, 0.2) is 72.9 Å². The zero-order chi connectivity index (χ0) is 38.9. The van der Waals surface area contributed by atoms with Crippen LogP contribution in [-0.4, -0.2) is 49.3 Å². The Labute approximate surface area is 322 Å². The minimum absolute atomic E-state index is 0.0370. The summed E-state index contributed by atoms with van der Waals surface area (Å²) in [5.74, 6) is -0.942. The molecule has 0 saturated heterocycles. The zero-order valence-corrected chi connectivity index (χ0v) is 34.1. The Morgan fingerprint density at radius 1 is 0.566 bits per heavy atom. The van der Waals surface area contributed by atoms with Gasteiger partial charge in [-0.15, -0.1) is 0 Å². The first kappa shape index (κ1) is 50.5. The second-order valence-corrected chi connectivity index (χ2v) is 14.6. The van der Waals surface area contributed by atoms with Crippen LogP contribution in [0, 0.1) is 0 Å². The van der Waals surface area contributed by atoms with Crippen LogP contribution in [0.4, 0.5) is 0 Å². The van der Waals surface area contributed by atoms with E-state index in [1.54, 1.807) is 0 Å². The highest BCUT2D eigenvalue weighted by Gasteiger charge is 2.25. The smallest absolute Gasteiger partial charge is 0.462 e. The molecular formula is C43H74NO8P. The molecule has 0 aromatic carbocycles. The van der Waals surface area contributed by atoms with Crippen molar-refractivity contribution in [2.75, 3.05) is 26.4 Å². The molecule has 10 heteroatoms. The summed E-state index contributed by atoms with van der Waals surface area (Å²) in [5.41, 5.74) is 5.33. The van der Waals surface area contributed by atoms with Gasteiger partial charge < -0.3 is 20.1 Å². The van der Waals surface area contributed by atoms with Crippen LogP contribution in [0.2, 0.25) is 0 Å². The number of carbonyl (C=O) groups excluding carboxylic acids is 2. The van der Waals surface area contributed by atoms with Gasteiger partial charge in [0.05, 0.1) is 13.2 Å². The summed E-state index contributed by atoms with van der Waals surface area (Å²) < 4.78 is 32.6. The highest BCUT2D eigenvalue weighted by atomic mass is 31.2. The molecule has 0 radical (unpaired) electrons. The first-order chi connectivity index (χ1) is 25.8. The summed E-state index contributed by atoms with van der Waals surface area (Å²) >= 11 is 0. The van der Waals surface area contributed by atoms with Crippen molar-refractivity contribution in [2.24, 2.45) is 5.73 Å². The van der Waals surface area contributed by atoms with Crippen LogP contribution in [0.3, 0.4) is 0 Å². The molecule has 0 aliphatic heterocycles. The van der Waals surface area contributed by atoms with Crippen molar-refractivity contribution in [3.63, 3.8) is 0 Å². The lowest BCUT2D eigenvalue weighted by Crippen LogP contribution is -2.29. The molecule has 0 aliphatic rings. The number of unbranched alkanes of at least 4 members (excludes halogenated alkanes) is 12. The van der Waals surface area contributed by atoms with E-state index in [1.165, 1.54) is 57.8 Å². The van der Waals surface area contributed by atoms with E-state index in [-0.39, 0.29) is 32.6 Å². The zero-order valence-electron chi connectivity index (χ0n) is 33.2. The largest absolute Gasteiger partial charge is 0.472 e. The normalized spacial score (nSPS) is 14.1. The topological polar surface area (TPSA) is 134 Å². The number of rotatable bonds is 37. The first-order valence-corrected chi connectivity index (χ1v) is 21.9. The second-order valence-electron chi connectivity index (χ2n) is 13.1. The van der Waals surface area contributed by atoms with Crippen LogP contribution in [-0.2, 0) is 32.7 Å². The average Bonchev–Trinajstić information content (AvgIpc) is 3.14. The Hall–Kier alpha value is -2.55. The van der Waals surface area contributed by atoms with Crippen molar-refractivity contribution < 1.29 is 37.6 Å². The molecule has 0 fully saturated rings. The molecular weight excluding hydrogens is 689 g/mol. The molecule has 0 aliphatic carbocycles. The summed E-state index contributed by atoms with van der Waals surface area (Å²) in [7, 11) is -4.40. The third-order valence-corrected chi connectivity index (χ3v) is 9.05. The molecule has 0 rings (SSSR count). The van der Waals surface area contributed by atoms with Gasteiger partial charge in [-0.3, -0.25) is 18.6 Å². The lowest BCUT2D eigenvalue weighted by Gasteiger charge is -2.19. The number of hydrogen-bond donors (Lipinski definition) is 2. The lowest BCUT2D eigenvalue weighted by molar-refractivity contribution is -0.161. The van der Waals surface area contributed by atoms with Gasteiger partial charge in [-0.1, -0.05) is 132 Å². The Bertz CT molecular complexity index is 1100. The summed E-state index contributed by atoms with van der Waals surface area (Å²) in [6.45, 7) is 3.57. The molecule has 53 heavy (non-hydrogen) atoms. The summed E-state index contributed by atoms with van der Waals surface area (Å²) in [4.78, 5) is 34.7. The number of hydrogen-bond acceptors (Lipinski definition) is 8. The second kappa shape index (κ2) is 39.2. The van der Waals surface area contributed by atoms with Crippen LogP contribution >= 0.6 is 7.82 Å². The molecule has 0 aromatic heterocycles.